The number of rotatable bonds is 2. The van der Waals surface area contributed by atoms with Crippen LogP contribution in [0.15, 0.2) is 36.4 Å². The molecule has 0 spiro atoms. The van der Waals surface area contributed by atoms with Gasteiger partial charge in [0.15, 0.2) is 0 Å². The van der Waals surface area contributed by atoms with Gasteiger partial charge in [-0.2, -0.15) is 0 Å². The molecule has 112 valence electrons. The van der Waals surface area contributed by atoms with Gasteiger partial charge < -0.3 is 9.84 Å². The van der Waals surface area contributed by atoms with Crippen LogP contribution < -0.4 is 0 Å². The van der Waals surface area contributed by atoms with Gasteiger partial charge in [-0.15, -0.1) is 11.3 Å². The quantitative estimate of drug-likeness (QED) is 0.699. The van der Waals surface area contributed by atoms with Crippen LogP contribution in [0.2, 0.25) is 0 Å². The number of phenolic OH excluding ortho intramolecular Hbond substituents is 1. The van der Waals surface area contributed by atoms with Crippen molar-refractivity contribution in [2.45, 2.75) is 13.8 Å². The molecule has 0 saturated carbocycles. The number of methoxy groups -OCH3 is 1. The number of aryl methyl sites for hydroxylation is 2. The van der Waals surface area contributed by atoms with Gasteiger partial charge in [0.05, 0.1) is 12.7 Å². The molecule has 3 nitrogen and oxygen atoms in total. The van der Waals surface area contributed by atoms with Gasteiger partial charge in [-0.05, 0) is 55.3 Å². The Kier molecular flexibility index (Phi) is 3.62. The lowest BCUT2D eigenvalue weighted by Gasteiger charge is -2.08. The van der Waals surface area contributed by atoms with E-state index < -0.39 is 0 Å². The second kappa shape index (κ2) is 5.46. The summed E-state index contributed by atoms with van der Waals surface area (Å²) in [5.74, 6) is -0.0761. The highest BCUT2D eigenvalue weighted by atomic mass is 32.1. The molecule has 0 atom stereocenters. The van der Waals surface area contributed by atoms with Crippen molar-refractivity contribution >= 4 is 27.4 Å². The third-order valence-electron chi connectivity index (χ3n) is 3.76. The number of carbonyl (C=O) groups excluding carboxylic acids is 1. The summed E-state index contributed by atoms with van der Waals surface area (Å²) in [6.45, 7) is 4.05. The number of fused-ring (bicyclic) bond motifs is 1. The molecule has 2 aromatic carbocycles. The number of ether oxygens (including phenoxy) is 1. The van der Waals surface area contributed by atoms with E-state index in [0.717, 1.165) is 26.8 Å². The summed E-state index contributed by atoms with van der Waals surface area (Å²) in [7, 11) is 1.39. The Morgan fingerprint density at radius 1 is 1.14 bits per heavy atom. The first-order chi connectivity index (χ1) is 10.5. The van der Waals surface area contributed by atoms with Crippen molar-refractivity contribution in [3.63, 3.8) is 0 Å². The lowest BCUT2D eigenvalue weighted by molar-refractivity contribution is 0.0601. The van der Waals surface area contributed by atoms with Gasteiger partial charge in [0.25, 0.3) is 0 Å². The third kappa shape index (κ3) is 2.35. The number of phenols is 1. The van der Waals surface area contributed by atoms with Gasteiger partial charge in [0.1, 0.15) is 5.75 Å². The summed E-state index contributed by atoms with van der Waals surface area (Å²) >= 11 is 1.70. The minimum absolute atomic E-state index is 0.258. The molecule has 22 heavy (non-hydrogen) atoms. The van der Waals surface area contributed by atoms with Gasteiger partial charge in [0.2, 0.25) is 0 Å². The average molecular weight is 312 g/mol. The summed E-state index contributed by atoms with van der Waals surface area (Å²) in [6.07, 6.45) is 0. The standard InChI is InChI=1S/C18H16O3S/c1-10-8-13(19)5-6-14(10)17-11(2)22-16-7-4-12(9-15(16)17)18(20)21-3/h4-9,19H,1-3H3. The molecule has 0 unspecified atom stereocenters. The van der Waals surface area contributed by atoms with Crippen LogP contribution in [0.25, 0.3) is 21.2 Å². The number of aromatic hydroxyl groups is 1. The number of thiophene rings is 1. The normalized spacial score (nSPS) is 10.9. The van der Waals surface area contributed by atoms with Crippen LogP contribution in [0.5, 0.6) is 5.75 Å². The molecule has 0 aliphatic carbocycles. The first-order valence-corrected chi connectivity index (χ1v) is 7.74. The summed E-state index contributed by atoms with van der Waals surface area (Å²) in [4.78, 5) is 13.0. The van der Waals surface area contributed by atoms with Crippen LogP contribution in [0.1, 0.15) is 20.8 Å². The number of hydrogen-bond acceptors (Lipinski definition) is 4. The number of esters is 1. The van der Waals surface area contributed by atoms with Gasteiger partial charge >= 0.3 is 5.97 Å². The molecule has 3 aromatic rings. The summed E-state index contributed by atoms with van der Waals surface area (Å²) < 4.78 is 5.94. The van der Waals surface area contributed by atoms with Crippen LogP contribution >= 0.6 is 11.3 Å². The Bertz CT molecular complexity index is 877. The molecular weight excluding hydrogens is 296 g/mol. The number of benzene rings is 2. The highest BCUT2D eigenvalue weighted by molar-refractivity contribution is 7.19. The predicted molar refractivity (Wildman–Crippen MR) is 89.7 cm³/mol. The lowest BCUT2D eigenvalue weighted by Crippen LogP contribution is -2.00. The zero-order chi connectivity index (χ0) is 15.9. The molecule has 0 amide bonds. The number of carbonyl (C=O) groups is 1. The molecule has 1 aromatic heterocycles. The smallest absolute Gasteiger partial charge is 0.337 e. The van der Waals surface area contributed by atoms with E-state index in [1.54, 1.807) is 29.5 Å². The summed E-state index contributed by atoms with van der Waals surface area (Å²) in [5, 5.41) is 10.6. The highest BCUT2D eigenvalue weighted by Gasteiger charge is 2.15. The van der Waals surface area contributed by atoms with Crippen LogP contribution in [-0.4, -0.2) is 18.2 Å². The van der Waals surface area contributed by atoms with Gasteiger partial charge in [-0.3, -0.25) is 0 Å². The van der Waals surface area contributed by atoms with Crippen LogP contribution in [-0.2, 0) is 4.74 Å². The van der Waals surface area contributed by atoms with E-state index in [1.807, 2.05) is 25.1 Å². The number of hydrogen-bond donors (Lipinski definition) is 1. The van der Waals surface area contributed by atoms with E-state index in [1.165, 1.54) is 12.0 Å². The molecule has 0 radical (unpaired) electrons. The highest BCUT2D eigenvalue weighted by Crippen LogP contribution is 2.40. The molecule has 0 fully saturated rings. The molecule has 0 bridgehead atoms. The zero-order valence-corrected chi connectivity index (χ0v) is 13.5. The van der Waals surface area contributed by atoms with E-state index in [2.05, 4.69) is 6.92 Å². The van der Waals surface area contributed by atoms with E-state index in [0.29, 0.717) is 5.56 Å². The molecule has 1 heterocycles. The van der Waals surface area contributed by atoms with E-state index in [-0.39, 0.29) is 11.7 Å². The van der Waals surface area contributed by atoms with Gasteiger partial charge in [-0.25, -0.2) is 4.79 Å². The molecule has 0 aliphatic rings. The molecule has 0 saturated heterocycles. The van der Waals surface area contributed by atoms with Crippen molar-refractivity contribution in [3.8, 4) is 16.9 Å². The molecule has 4 heteroatoms. The average Bonchev–Trinajstić information content (AvgIpc) is 2.82. The Hall–Kier alpha value is -2.33. The maximum absolute atomic E-state index is 11.8. The Labute approximate surface area is 132 Å². The van der Waals surface area contributed by atoms with Gasteiger partial charge in [-0.1, -0.05) is 6.07 Å². The minimum atomic E-state index is -0.334. The fourth-order valence-corrected chi connectivity index (χ4v) is 3.79. The minimum Gasteiger partial charge on any atom is -0.508 e. The van der Waals surface area contributed by atoms with Crippen LogP contribution in [0, 0.1) is 13.8 Å². The van der Waals surface area contributed by atoms with Crippen LogP contribution in [0.3, 0.4) is 0 Å². The van der Waals surface area contributed by atoms with Crippen molar-refractivity contribution in [2.24, 2.45) is 0 Å². The zero-order valence-electron chi connectivity index (χ0n) is 12.6. The van der Waals surface area contributed by atoms with Crippen LogP contribution in [0.4, 0.5) is 0 Å². The fraction of sp³-hybridized carbons (Fsp3) is 0.167. The third-order valence-corrected chi connectivity index (χ3v) is 4.85. The predicted octanol–water partition coefficient (Wildman–Crippen LogP) is 4.68. The largest absolute Gasteiger partial charge is 0.508 e. The maximum Gasteiger partial charge on any atom is 0.337 e. The molecule has 3 rings (SSSR count). The SMILES string of the molecule is COC(=O)c1ccc2sc(C)c(-c3ccc(O)cc3C)c2c1. The van der Waals surface area contributed by atoms with Crippen molar-refractivity contribution in [2.75, 3.05) is 7.11 Å². The summed E-state index contributed by atoms with van der Waals surface area (Å²) in [6, 6.07) is 11.0. The second-order valence-electron chi connectivity index (χ2n) is 5.23. The van der Waals surface area contributed by atoms with Crippen molar-refractivity contribution in [3.05, 3.63) is 52.4 Å². The second-order valence-corrected chi connectivity index (χ2v) is 6.49. The maximum atomic E-state index is 11.8. The first kappa shape index (κ1) is 14.6. The monoisotopic (exact) mass is 312 g/mol. The Morgan fingerprint density at radius 2 is 1.91 bits per heavy atom. The lowest BCUT2D eigenvalue weighted by atomic mass is 9.97. The Balaban J connectivity index is 2.28. The first-order valence-electron chi connectivity index (χ1n) is 6.92. The van der Waals surface area contributed by atoms with E-state index in [4.69, 9.17) is 4.74 Å². The fourth-order valence-electron chi connectivity index (χ4n) is 2.73. The van der Waals surface area contributed by atoms with Crippen molar-refractivity contribution in [1.29, 1.82) is 0 Å². The molecule has 0 aliphatic heterocycles. The van der Waals surface area contributed by atoms with Gasteiger partial charge in [0, 0.05) is 20.5 Å². The van der Waals surface area contributed by atoms with E-state index in [9.17, 15) is 9.90 Å². The molecular formula is C18H16O3S. The topological polar surface area (TPSA) is 46.5 Å². The van der Waals surface area contributed by atoms with Crippen molar-refractivity contribution < 1.29 is 14.6 Å². The van der Waals surface area contributed by atoms with E-state index >= 15 is 0 Å². The van der Waals surface area contributed by atoms with Crippen molar-refractivity contribution in [1.82, 2.24) is 0 Å². The molecule has 1 N–H and O–H groups in total. The Morgan fingerprint density at radius 3 is 2.59 bits per heavy atom. The summed E-state index contributed by atoms with van der Waals surface area (Å²) in [5.41, 5.74) is 3.74.